The van der Waals surface area contributed by atoms with E-state index in [1.54, 1.807) is 19.2 Å². The number of nitro benzene ring substituents is 1. The van der Waals surface area contributed by atoms with Crippen molar-refractivity contribution in [2.45, 2.75) is 25.6 Å². The van der Waals surface area contributed by atoms with Crippen molar-refractivity contribution in [3.8, 4) is 5.75 Å². The lowest BCUT2D eigenvalue weighted by atomic mass is 10.1. The Hall–Kier alpha value is -1.70. The van der Waals surface area contributed by atoms with Crippen LogP contribution in [0.15, 0.2) is 18.2 Å². The molecule has 0 bridgehead atoms. The van der Waals surface area contributed by atoms with Crippen LogP contribution in [0.1, 0.15) is 12.5 Å². The minimum atomic E-state index is -0.396. The minimum Gasteiger partial charge on any atom is -0.496 e. The fourth-order valence-corrected chi connectivity index (χ4v) is 2.44. The third kappa shape index (κ3) is 3.90. The number of morpholine rings is 1. The van der Waals surface area contributed by atoms with Crippen molar-refractivity contribution in [3.63, 3.8) is 0 Å². The van der Waals surface area contributed by atoms with E-state index in [0.717, 1.165) is 12.1 Å². The highest BCUT2D eigenvalue weighted by Crippen LogP contribution is 2.26. The molecule has 1 aliphatic rings. The van der Waals surface area contributed by atoms with Gasteiger partial charge in [-0.1, -0.05) is 0 Å². The Morgan fingerprint density at radius 2 is 2.38 bits per heavy atom. The second-order valence-corrected chi connectivity index (χ2v) is 5.26. The van der Waals surface area contributed by atoms with Crippen molar-refractivity contribution in [3.05, 3.63) is 33.9 Å². The molecular formula is C14H21N3O4. The topological polar surface area (TPSA) is 90.9 Å². The van der Waals surface area contributed by atoms with E-state index in [1.165, 1.54) is 6.07 Å². The first-order valence-corrected chi connectivity index (χ1v) is 6.92. The van der Waals surface area contributed by atoms with Crippen molar-refractivity contribution < 1.29 is 14.4 Å². The number of benzene rings is 1. The van der Waals surface area contributed by atoms with Crippen molar-refractivity contribution in [1.82, 2.24) is 4.90 Å². The molecule has 0 amide bonds. The maximum atomic E-state index is 10.9. The van der Waals surface area contributed by atoms with Crippen LogP contribution >= 0.6 is 0 Å². The van der Waals surface area contributed by atoms with Gasteiger partial charge in [0.25, 0.3) is 5.69 Å². The van der Waals surface area contributed by atoms with E-state index >= 15 is 0 Å². The van der Waals surface area contributed by atoms with E-state index < -0.39 is 4.92 Å². The molecule has 1 aromatic carbocycles. The zero-order valence-electron chi connectivity index (χ0n) is 12.3. The van der Waals surface area contributed by atoms with Crippen LogP contribution in [0.4, 0.5) is 5.69 Å². The quantitative estimate of drug-likeness (QED) is 0.647. The molecule has 2 N–H and O–H groups in total. The summed E-state index contributed by atoms with van der Waals surface area (Å²) >= 11 is 0. The van der Waals surface area contributed by atoms with Gasteiger partial charge >= 0.3 is 0 Å². The maximum absolute atomic E-state index is 10.9. The van der Waals surface area contributed by atoms with Crippen LogP contribution in [-0.4, -0.2) is 48.8 Å². The van der Waals surface area contributed by atoms with Crippen molar-refractivity contribution >= 4 is 5.69 Å². The average molecular weight is 295 g/mol. The van der Waals surface area contributed by atoms with Gasteiger partial charge in [0, 0.05) is 43.4 Å². The van der Waals surface area contributed by atoms with E-state index in [1.807, 2.05) is 6.92 Å². The van der Waals surface area contributed by atoms with Crippen molar-refractivity contribution in [2.75, 3.05) is 26.8 Å². The molecule has 21 heavy (non-hydrogen) atoms. The summed E-state index contributed by atoms with van der Waals surface area (Å²) in [6, 6.07) is 4.61. The summed E-state index contributed by atoms with van der Waals surface area (Å²) in [6.45, 7) is 4.60. The smallest absolute Gasteiger partial charge is 0.270 e. The molecule has 1 heterocycles. The Bertz CT molecular complexity index is 507. The van der Waals surface area contributed by atoms with Crippen molar-refractivity contribution in [2.24, 2.45) is 5.73 Å². The molecule has 0 spiro atoms. The maximum Gasteiger partial charge on any atom is 0.270 e. The van der Waals surface area contributed by atoms with Crippen LogP contribution in [0.3, 0.4) is 0 Å². The van der Waals surface area contributed by atoms with E-state index in [-0.39, 0.29) is 17.8 Å². The zero-order chi connectivity index (χ0) is 15.4. The van der Waals surface area contributed by atoms with Gasteiger partial charge in [0.2, 0.25) is 0 Å². The summed E-state index contributed by atoms with van der Waals surface area (Å²) in [5, 5.41) is 10.9. The van der Waals surface area contributed by atoms with Gasteiger partial charge < -0.3 is 15.2 Å². The monoisotopic (exact) mass is 295 g/mol. The fourth-order valence-electron chi connectivity index (χ4n) is 2.44. The lowest BCUT2D eigenvalue weighted by Crippen LogP contribution is -2.49. The fraction of sp³-hybridized carbons (Fsp3) is 0.571. The van der Waals surface area contributed by atoms with Crippen LogP contribution in [0, 0.1) is 10.1 Å². The number of hydrogen-bond donors (Lipinski definition) is 1. The number of ether oxygens (including phenoxy) is 2. The molecule has 7 nitrogen and oxygen atoms in total. The zero-order valence-corrected chi connectivity index (χ0v) is 12.3. The van der Waals surface area contributed by atoms with Crippen LogP contribution < -0.4 is 10.5 Å². The Morgan fingerprint density at radius 1 is 1.62 bits per heavy atom. The molecule has 0 saturated carbocycles. The summed E-state index contributed by atoms with van der Waals surface area (Å²) in [5.41, 5.74) is 6.75. The molecule has 1 aliphatic heterocycles. The number of nitro groups is 1. The highest BCUT2D eigenvalue weighted by molar-refractivity contribution is 5.43. The minimum absolute atomic E-state index is 0.0107. The highest BCUT2D eigenvalue weighted by Gasteiger charge is 2.24. The Morgan fingerprint density at radius 3 is 3.00 bits per heavy atom. The van der Waals surface area contributed by atoms with Gasteiger partial charge in [-0.05, 0) is 13.0 Å². The van der Waals surface area contributed by atoms with Gasteiger partial charge in [-0.3, -0.25) is 15.0 Å². The lowest BCUT2D eigenvalue weighted by Gasteiger charge is -2.34. The summed E-state index contributed by atoms with van der Waals surface area (Å²) in [4.78, 5) is 12.7. The molecule has 2 rings (SSSR count). The lowest BCUT2D eigenvalue weighted by molar-refractivity contribution is -0.385. The molecule has 0 aromatic heterocycles. The van der Waals surface area contributed by atoms with Gasteiger partial charge in [0.1, 0.15) is 5.75 Å². The predicted molar refractivity (Wildman–Crippen MR) is 78.3 cm³/mol. The van der Waals surface area contributed by atoms with E-state index in [2.05, 4.69) is 4.90 Å². The number of rotatable bonds is 5. The van der Waals surface area contributed by atoms with Crippen LogP contribution in [0.25, 0.3) is 0 Å². The highest BCUT2D eigenvalue weighted by atomic mass is 16.6. The summed E-state index contributed by atoms with van der Waals surface area (Å²) < 4.78 is 10.9. The Labute approximate surface area is 123 Å². The second-order valence-electron chi connectivity index (χ2n) is 5.26. The molecule has 0 aliphatic carbocycles. The average Bonchev–Trinajstić information content (AvgIpc) is 2.47. The van der Waals surface area contributed by atoms with Gasteiger partial charge in [0.05, 0.1) is 24.7 Å². The van der Waals surface area contributed by atoms with Crippen molar-refractivity contribution in [1.29, 1.82) is 0 Å². The standard InChI is InChI=1S/C14H21N3O4/c1-10(15)14-9-16(5-6-21-14)8-11-7-12(17(18)19)3-4-13(11)20-2/h3-4,7,10,14H,5-6,8-9,15H2,1-2H3. The molecule has 7 heteroatoms. The molecule has 1 aromatic rings. The van der Waals surface area contributed by atoms with E-state index in [0.29, 0.717) is 25.4 Å². The van der Waals surface area contributed by atoms with Crippen LogP contribution in [-0.2, 0) is 11.3 Å². The first kappa shape index (κ1) is 15.7. The summed E-state index contributed by atoms with van der Waals surface area (Å²) in [5.74, 6) is 0.657. The third-order valence-corrected chi connectivity index (χ3v) is 3.63. The Kier molecular flexibility index (Phi) is 5.11. The van der Waals surface area contributed by atoms with E-state index in [4.69, 9.17) is 15.2 Å². The van der Waals surface area contributed by atoms with Gasteiger partial charge in [0.15, 0.2) is 0 Å². The van der Waals surface area contributed by atoms with Gasteiger partial charge in [-0.15, -0.1) is 0 Å². The third-order valence-electron chi connectivity index (χ3n) is 3.63. The number of non-ortho nitro benzene ring substituents is 1. The van der Waals surface area contributed by atoms with Gasteiger partial charge in [-0.2, -0.15) is 0 Å². The largest absolute Gasteiger partial charge is 0.496 e. The number of nitrogens with two attached hydrogens (primary N) is 1. The number of methoxy groups -OCH3 is 1. The molecule has 1 fully saturated rings. The Balaban J connectivity index is 2.14. The molecule has 2 atom stereocenters. The normalized spacial score (nSPS) is 21.0. The molecular weight excluding hydrogens is 274 g/mol. The molecule has 116 valence electrons. The summed E-state index contributed by atoms with van der Waals surface area (Å²) in [6.07, 6.45) is -0.0107. The predicted octanol–water partition coefficient (Wildman–Crippen LogP) is 1.15. The SMILES string of the molecule is COc1ccc([N+](=O)[O-])cc1CN1CCOC(C(C)N)C1. The molecule has 2 unspecified atom stereocenters. The first-order valence-electron chi connectivity index (χ1n) is 6.92. The van der Waals surface area contributed by atoms with E-state index in [9.17, 15) is 10.1 Å². The summed E-state index contributed by atoms with van der Waals surface area (Å²) in [7, 11) is 1.56. The van der Waals surface area contributed by atoms with Crippen LogP contribution in [0.5, 0.6) is 5.75 Å². The second kappa shape index (κ2) is 6.84. The molecule has 0 radical (unpaired) electrons. The first-order chi connectivity index (χ1) is 10.0. The molecule has 1 saturated heterocycles. The number of hydrogen-bond acceptors (Lipinski definition) is 6. The van der Waals surface area contributed by atoms with Crippen LogP contribution in [0.2, 0.25) is 0 Å². The van der Waals surface area contributed by atoms with Gasteiger partial charge in [-0.25, -0.2) is 0 Å². The number of nitrogens with zero attached hydrogens (tertiary/aromatic N) is 2.